The van der Waals surface area contributed by atoms with Crippen LogP contribution in [0.2, 0.25) is 5.02 Å². The molecule has 4 nitrogen and oxygen atoms in total. The van der Waals surface area contributed by atoms with Gasteiger partial charge in [-0.1, -0.05) is 72.3 Å². The van der Waals surface area contributed by atoms with E-state index in [1.165, 1.54) is 5.56 Å². The van der Waals surface area contributed by atoms with E-state index < -0.39 is 0 Å². The summed E-state index contributed by atoms with van der Waals surface area (Å²) >= 11 is 6.48. The summed E-state index contributed by atoms with van der Waals surface area (Å²) in [5.74, 6) is 0.624. The fourth-order valence-electron chi connectivity index (χ4n) is 5.21. The lowest BCUT2D eigenvalue weighted by Gasteiger charge is -2.45. The molecular formula is C28H27ClN2O2. The van der Waals surface area contributed by atoms with E-state index in [-0.39, 0.29) is 23.1 Å². The second-order valence-electron chi connectivity index (χ2n) is 8.90. The number of nitrogens with two attached hydrogens (primary N) is 1. The van der Waals surface area contributed by atoms with Crippen molar-refractivity contribution in [1.29, 1.82) is 0 Å². The van der Waals surface area contributed by atoms with Crippen LogP contribution >= 0.6 is 11.6 Å². The molecule has 1 aromatic heterocycles. The zero-order valence-electron chi connectivity index (χ0n) is 18.3. The molecule has 0 bridgehead atoms. The lowest BCUT2D eigenvalue weighted by molar-refractivity contribution is 0.104. The molecule has 1 heterocycles. The number of H-pyrrole nitrogens is 1. The summed E-state index contributed by atoms with van der Waals surface area (Å²) in [6.45, 7) is 0. The van der Waals surface area contributed by atoms with Crippen LogP contribution in [0, 0.1) is 0 Å². The third-order valence-corrected chi connectivity index (χ3v) is 7.34. The Hall–Kier alpha value is -3.08. The van der Waals surface area contributed by atoms with E-state index in [1.54, 1.807) is 12.3 Å². The van der Waals surface area contributed by atoms with Crippen molar-refractivity contribution >= 4 is 22.4 Å². The standard InChI is InChI=1S/C28H27ClN2O2/c29-24-18-23-20(13-16-31-27(23)32)17-25(24)33-22-11-14-28(15-12-22,21-9-5-2-6-10-21)26(30)19-7-3-1-4-8-19/h1-10,13,16-18,22,26H,11-12,14-15,30H2,(H,31,32). The first-order chi connectivity index (χ1) is 16.1. The van der Waals surface area contributed by atoms with Crippen molar-refractivity contribution in [3.63, 3.8) is 0 Å². The van der Waals surface area contributed by atoms with E-state index in [9.17, 15) is 4.79 Å². The van der Waals surface area contributed by atoms with Crippen molar-refractivity contribution in [2.24, 2.45) is 5.73 Å². The van der Waals surface area contributed by atoms with Crippen molar-refractivity contribution in [2.75, 3.05) is 0 Å². The molecule has 5 heteroatoms. The molecule has 0 radical (unpaired) electrons. The monoisotopic (exact) mass is 458 g/mol. The van der Waals surface area contributed by atoms with Crippen LogP contribution in [0.3, 0.4) is 0 Å². The highest BCUT2D eigenvalue weighted by molar-refractivity contribution is 6.32. The van der Waals surface area contributed by atoms with Gasteiger partial charge in [-0.3, -0.25) is 4.79 Å². The first-order valence-electron chi connectivity index (χ1n) is 11.4. The molecule has 168 valence electrons. The molecule has 1 aliphatic carbocycles. The van der Waals surface area contributed by atoms with Crippen LogP contribution in [-0.2, 0) is 5.41 Å². The van der Waals surface area contributed by atoms with E-state index in [0.717, 1.165) is 36.6 Å². The fourth-order valence-corrected chi connectivity index (χ4v) is 5.42. The summed E-state index contributed by atoms with van der Waals surface area (Å²) in [7, 11) is 0. The second kappa shape index (κ2) is 9.05. The van der Waals surface area contributed by atoms with Crippen molar-refractivity contribution in [3.8, 4) is 5.75 Å². The largest absolute Gasteiger partial charge is 0.489 e. The molecular weight excluding hydrogens is 432 g/mol. The van der Waals surface area contributed by atoms with E-state index in [4.69, 9.17) is 22.1 Å². The second-order valence-corrected chi connectivity index (χ2v) is 9.31. The van der Waals surface area contributed by atoms with Gasteiger partial charge >= 0.3 is 0 Å². The normalized spacial score (nSPS) is 21.6. The van der Waals surface area contributed by atoms with Crippen molar-refractivity contribution in [3.05, 3.63) is 112 Å². The first kappa shape index (κ1) is 21.7. The van der Waals surface area contributed by atoms with Crippen LogP contribution in [0.5, 0.6) is 5.75 Å². The van der Waals surface area contributed by atoms with E-state index in [2.05, 4.69) is 53.5 Å². The molecule has 0 saturated heterocycles. The molecule has 1 aliphatic rings. The summed E-state index contributed by atoms with van der Waals surface area (Å²) < 4.78 is 6.36. The SMILES string of the molecule is NC(c1ccccc1)C1(c2ccccc2)CCC(Oc2cc3cc[nH]c(=O)c3cc2Cl)CC1. The maximum absolute atomic E-state index is 12.1. The summed E-state index contributed by atoms with van der Waals surface area (Å²) in [5.41, 5.74) is 9.08. The maximum Gasteiger partial charge on any atom is 0.255 e. The predicted octanol–water partition coefficient (Wildman–Crippen LogP) is 6.14. The number of aromatic nitrogens is 1. The van der Waals surface area contributed by atoms with Gasteiger partial charge in [-0.05, 0) is 60.4 Å². The van der Waals surface area contributed by atoms with E-state index in [0.29, 0.717) is 16.2 Å². The average Bonchev–Trinajstić information content (AvgIpc) is 2.86. The molecule has 3 aromatic carbocycles. The Kier molecular flexibility index (Phi) is 5.96. The van der Waals surface area contributed by atoms with E-state index >= 15 is 0 Å². The molecule has 4 aromatic rings. The Balaban J connectivity index is 1.40. The van der Waals surface area contributed by atoms with Gasteiger partial charge in [0, 0.05) is 23.0 Å². The topological polar surface area (TPSA) is 68.1 Å². The average molecular weight is 459 g/mol. The van der Waals surface area contributed by atoms with Gasteiger partial charge in [0.2, 0.25) is 0 Å². The molecule has 1 unspecified atom stereocenters. The van der Waals surface area contributed by atoms with Crippen LogP contribution in [0.4, 0.5) is 0 Å². The van der Waals surface area contributed by atoms with E-state index in [1.807, 2.05) is 24.3 Å². The molecule has 1 fully saturated rings. The highest BCUT2D eigenvalue weighted by Crippen LogP contribution is 2.48. The van der Waals surface area contributed by atoms with Gasteiger partial charge in [0.1, 0.15) is 5.75 Å². The molecule has 5 rings (SSSR count). The Morgan fingerprint density at radius 2 is 1.64 bits per heavy atom. The van der Waals surface area contributed by atoms with Crippen molar-refractivity contribution in [1.82, 2.24) is 4.98 Å². The number of benzene rings is 3. The summed E-state index contributed by atoms with van der Waals surface area (Å²) in [4.78, 5) is 14.7. The lowest BCUT2D eigenvalue weighted by atomic mass is 9.63. The Morgan fingerprint density at radius 1 is 0.970 bits per heavy atom. The highest BCUT2D eigenvalue weighted by atomic mass is 35.5. The number of halogens is 1. The minimum absolute atomic E-state index is 0.0433. The van der Waals surface area contributed by atoms with Crippen molar-refractivity contribution < 1.29 is 4.74 Å². The van der Waals surface area contributed by atoms with Crippen LogP contribution in [0.15, 0.2) is 89.9 Å². The van der Waals surface area contributed by atoms with Gasteiger partial charge in [-0.15, -0.1) is 0 Å². The van der Waals surface area contributed by atoms with Gasteiger partial charge in [0.25, 0.3) is 5.56 Å². The Labute approximate surface area is 198 Å². The predicted molar refractivity (Wildman–Crippen MR) is 134 cm³/mol. The van der Waals surface area contributed by atoms with Gasteiger partial charge in [0.05, 0.1) is 11.1 Å². The molecule has 0 spiro atoms. The lowest BCUT2D eigenvalue weighted by Crippen LogP contribution is -2.43. The van der Waals surface area contributed by atoms with Crippen LogP contribution in [0.25, 0.3) is 10.8 Å². The minimum atomic E-state index is -0.152. The van der Waals surface area contributed by atoms with Crippen LogP contribution in [0.1, 0.15) is 42.9 Å². The molecule has 33 heavy (non-hydrogen) atoms. The number of ether oxygens (including phenoxy) is 1. The zero-order chi connectivity index (χ0) is 22.8. The molecule has 1 atom stereocenters. The fraction of sp³-hybridized carbons (Fsp3) is 0.250. The number of rotatable bonds is 5. The maximum atomic E-state index is 12.1. The molecule has 0 amide bonds. The van der Waals surface area contributed by atoms with Crippen LogP contribution < -0.4 is 16.0 Å². The van der Waals surface area contributed by atoms with Gasteiger partial charge in [-0.25, -0.2) is 0 Å². The van der Waals surface area contributed by atoms with Gasteiger partial charge in [0.15, 0.2) is 0 Å². The smallest absolute Gasteiger partial charge is 0.255 e. The number of hydrogen-bond acceptors (Lipinski definition) is 3. The van der Waals surface area contributed by atoms with Gasteiger partial charge < -0.3 is 15.5 Å². The number of fused-ring (bicyclic) bond motifs is 1. The molecule has 3 N–H and O–H groups in total. The highest BCUT2D eigenvalue weighted by Gasteiger charge is 2.43. The summed E-state index contributed by atoms with van der Waals surface area (Å²) in [6.07, 6.45) is 5.27. The molecule has 0 aliphatic heterocycles. The third kappa shape index (κ3) is 4.17. The number of aromatic amines is 1. The zero-order valence-corrected chi connectivity index (χ0v) is 19.1. The summed E-state index contributed by atoms with van der Waals surface area (Å²) in [6, 6.07) is 26.3. The Bertz CT molecular complexity index is 1300. The quantitative estimate of drug-likeness (QED) is 0.377. The first-order valence-corrected chi connectivity index (χ1v) is 11.8. The van der Waals surface area contributed by atoms with Gasteiger partial charge in [-0.2, -0.15) is 0 Å². The van der Waals surface area contributed by atoms with Crippen LogP contribution in [-0.4, -0.2) is 11.1 Å². The van der Waals surface area contributed by atoms with Crippen molar-refractivity contribution in [2.45, 2.75) is 43.2 Å². The number of hydrogen-bond donors (Lipinski definition) is 2. The summed E-state index contributed by atoms with van der Waals surface area (Å²) in [5, 5.41) is 1.84. The number of nitrogens with one attached hydrogen (secondary N) is 1. The third-order valence-electron chi connectivity index (χ3n) is 7.05. The number of pyridine rings is 1. The minimum Gasteiger partial charge on any atom is -0.489 e. The Morgan fingerprint density at radius 3 is 2.33 bits per heavy atom. The molecule has 1 saturated carbocycles.